The molecule has 25 heavy (non-hydrogen) atoms. The van der Waals surface area contributed by atoms with Gasteiger partial charge in [0.15, 0.2) is 23.2 Å². The average molecular weight is 351 g/mol. The molecule has 1 aliphatic heterocycles. The minimum absolute atomic E-state index is 0.310. The lowest BCUT2D eigenvalue weighted by atomic mass is 9.88. The molecule has 0 bridgehead atoms. The highest BCUT2D eigenvalue weighted by Gasteiger charge is 2.42. The van der Waals surface area contributed by atoms with E-state index < -0.39 is 23.9 Å². The van der Waals surface area contributed by atoms with Gasteiger partial charge in [-0.2, -0.15) is 0 Å². The lowest BCUT2D eigenvalue weighted by molar-refractivity contribution is -0.178. The van der Waals surface area contributed by atoms with E-state index in [1.165, 1.54) is 24.1 Å². The molecule has 1 fully saturated rings. The van der Waals surface area contributed by atoms with Gasteiger partial charge in [-0.15, -0.1) is 0 Å². The molecule has 138 valence electrons. The van der Waals surface area contributed by atoms with E-state index in [4.69, 9.17) is 0 Å². The lowest BCUT2D eigenvalue weighted by Crippen LogP contribution is -2.50. The number of nitrogens with zero attached hydrogens (tertiary/aromatic N) is 5. The molecule has 0 amide bonds. The van der Waals surface area contributed by atoms with E-state index in [1.54, 1.807) is 6.92 Å². The monoisotopic (exact) mass is 351 g/mol. The number of fused-ring (bicyclic) bond motifs is 1. The maximum Gasteiger partial charge on any atom is 0.167 e. The van der Waals surface area contributed by atoms with Gasteiger partial charge in [-0.1, -0.05) is 6.92 Å². The van der Waals surface area contributed by atoms with E-state index in [0.717, 1.165) is 25.9 Å². The van der Waals surface area contributed by atoms with Crippen molar-refractivity contribution in [3.05, 3.63) is 12.7 Å². The highest BCUT2D eigenvalue weighted by Crippen LogP contribution is 2.32. The molecule has 0 aromatic carbocycles. The Morgan fingerprint density at radius 3 is 2.52 bits per heavy atom. The van der Waals surface area contributed by atoms with Gasteiger partial charge in [-0.05, 0) is 19.8 Å². The van der Waals surface area contributed by atoms with Crippen molar-refractivity contribution in [3.8, 4) is 0 Å². The van der Waals surface area contributed by atoms with Crippen molar-refractivity contribution in [3.63, 3.8) is 0 Å². The summed E-state index contributed by atoms with van der Waals surface area (Å²) in [6.07, 6.45) is 2.16. The summed E-state index contributed by atoms with van der Waals surface area (Å²) in [5, 5.41) is 40.8. The SMILES string of the molecule is CC(CO)C(O)[C@@](C)(O)C(O)n1cnc2c(N3CCCC3)ncnc21. The molecule has 3 heterocycles. The molecule has 2 aromatic rings. The zero-order valence-electron chi connectivity index (χ0n) is 14.4. The van der Waals surface area contributed by atoms with E-state index >= 15 is 0 Å². The molecule has 2 aromatic heterocycles. The number of aliphatic hydroxyl groups is 4. The summed E-state index contributed by atoms with van der Waals surface area (Å²) in [6.45, 7) is 4.39. The van der Waals surface area contributed by atoms with Gasteiger partial charge < -0.3 is 25.3 Å². The number of anilines is 1. The molecular formula is C16H25N5O4. The van der Waals surface area contributed by atoms with Gasteiger partial charge in [0.05, 0.1) is 12.4 Å². The number of aliphatic hydroxyl groups excluding tert-OH is 3. The Hall–Kier alpha value is -1.81. The van der Waals surface area contributed by atoms with Crippen molar-refractivity contribution in [2.75, 3.05) is 24.6 Å². The fraction of sp³-hybridized carbons (Fsp3) is 0.688. The van der Waals surface area contributed by atoms with Gasteiger partial charge in [-0.25, -0.2) is 15.0 Å². The van der Waals surface area contributed by atoms with Crippen molar-refractivity contribution in [2.45, 2.75) is 44.6 Å². The fourth-order valence-corrected chi connectivity index (χ4v) is 3.29. The Kier molecular flexibility index (Phi) is 4.92. The standard InChI is InChI=1S/C16H25N5O4/c1-10(7-22)12(23)16(2,25)15(24)21-9-19-11-13(17-8-18-14(11)21)20-5-3-4-6-20/h8-10,12,15,22-25H,3-7H2,1-2H3/t10?,12?,15?,16-/m1/s1. The summed E-state index contributed by atoms with van der Waals surface area (Å²) < 4.78 is 1.32. The minimum Gasteiger partial charge on any atom is -0.396 e. The van der Waals surface area contributed by atoms with Gasteiger partial charge in [-0.3, -0.25) is 4.57 Å². The Balaban J connectivity index is 1.97. The van der Waals surface area contributed by atoms with Gasteiger partial charge in [0, 0.05) is 25.6 Å². The van der Waals surface area contributed by atoms with Crippen LogP contribution in [0.2, 0.25) is 0 Å². The Labute approximate surface area is 145 Å². The van der Waals surface area contributed by atoms with Gasteiger partial charge in [0.25, 0.3) is 0 Å². The van der Waals surface area contributed by atoms with Crippen LogP contribution in [0.15, 0.2) is 12.7 Å². The van der Waals surface area contributed by atoms with Gasteiger partial charge >= 0.3 is 0 Å². The Bertz CT molecular complexity index is 728. The third-order valence-electron chi connectivity index (χ3n) is 4.96. The second-order valence-electron chi connectivity index (χ2n) is 6.92. The number of hydrogen-bond donors (Lipinski definition) is 4. The number of imidazole rings is 1. The van der Waals surface area contributed by atoms with Crippen LogP contribution in [-0.4, -0.2) is 71.3 Å². The third kappa shape index (κ3) is 3.08. The molecule has 0 saturated carbocycles. The zero-order chi connectivity index (χ0) is 18.2. The largest absolute Gasteiger partial charge is 0.396 e. The van der Waals surface area contributed by atoms with Gasteiger partial charge in [0.2, 0.25) is 0 Å². The molecule has 9 nitrogen and oxygen atoms in total. The molecule has 3 unspecified atom stereocenters. The first kappa shape index (κ1) is 18.0. The summed E-state index contributed by atoms with van der Waals surface area (Å²) in [6, 6.07) is 0. The first-order chi connectivity index (χ1) is 11.9. The zero-order valence-corrected chi connectivity index (χ0v) is 14.4. The van der Waals surface area contributed by atoms with Crippen LogP contribution in [0, 0.1) is 5.92 Å². The number of rotatable bonds is 6. The summed E-state index contributed by atoms with van der Waals surface area (Å²) >= 11 is 0. The highest BCUT2D eigenvalue weighted by atomic mass is 16.4. The quantitative estimate of drug-likeness (QED) is 0.556. The predicted octanol–water partition coefficient (Wildman–Crippen LogP) is -0.342. The Morgan fingerprint density at radius 2 is 1.88 bits per heavy atom. The van der Waals surface area contributed by atoms with E-state index in [2.05, 4.69) is 19.9 Å². The molecule has 9 heteroatoms. The first-order valence-electron chi connectivity index (χ1n) is 8.49. The highest BCUT2D eigenvalue weighted by molar-refractivity contribution is 5.83. The number of aromatic nitrogens is 4. The van der Waals surface area contributed by atoms with Crippen molar-refractivity contribution in [2.24, 2.45) is 5.92 Å². The number of hydrogen-bond acceptors (Lipinski definition) is 8. The van der Waals surface area contributed by atoms with Crippen LogP contribution >= 0.6 is 0 Å². The molecule has 3 rings (SSSR count). The average Bonchev–Trinajstić information content (AvgIpc) is 3.28. The van der Waals surface area contributed by atoms with Crippen LogP contribution in [-0.2, 0) is 0 Å². The smallest absolute Gasteiger partial charge is 0.167 e. The minimum atomic E-state index is -1.89. The maximum absolute atomic E-state index is 10.7. The summed E-state index contributed by atoms with van der Waals surface area (Å²) in [4.78, 5) is 14.9. The van der Waals surface area contributed by atoms with Gasteiger partial charge in [0.1, 0.15) is 11.9 Å². The topological polar surface area (TPSA) is 128 Å². The van der Waals surface area contributed by atoms with Crippen molar-refractivity contribution >= 4 is 17.0 Å². The van der Waals surface area contributed by atoms with E-state index in [-0.39, 0.29) is 6.61 Å². The molecule has 0 radical (unpaired) electrons. The maximum atomic E-state index is 10.7. The van der Waals surface area contributed by atoms with Crippen LogP contribution < -0.4 is 4.90 Å². The lowest BCUT2D eigenvalue weighted by Gasteiger charge is -2.36. The van der Waals surface area contributed by atoms with Crippen LogP contribution in [0.3, 0.4) is 0 Å². The molecule has 4 atom stereocenters. The van der Waals surface area contributed by atoms with Crippen LogP contribution in [0.4, 0.5) is 5.82 Å². The summed E-state index contributed by atoms with van der Waals surface area (Å²) in [7, 11) is 0. The molecule has 4 N–H and O–H groups in total. The first-order valence-corrected chi connectivity index (χ1v) is 8.49. The molecule has 0 spiro atoms. The van der Waals surface area contributed by atoms with Crippen molar-refractivity contribution < 1.29 is 20.4 Å². The fourth-order valence-electron chi connectivity index (χ4n) is 3.29. The second-order valence-corrected chi connectivity index (χ2v) is 6.92. The van der Waals surface area contributed by atoms with E-state index in [0.29, 0.717) is 17.0 Å². The van der Waals surface area contributed by atoms with Crippen LogP contribution in [0.25, 0.3) is 11.2 Å². The van der Waals surface area contributed by atoms with E-state index in [9.17, 15) is 20.4 Å². The second kappa shape index (κ2) is 6.83. The normalized spacial score (nSPS) is 21.3. The van der Waals surface area contributed by atoms with Crippen molar-refractivity contribution in [1.82, 2.24) is 19.5 Å². The molecule has 1 saturated heterocycles. The molecule has 1 aliphatic rings. The van der Waals surface area contributed by atoms with Crippen molar-refractivity contribution in [1.29, 1.82) is 0 Å². The summed E-state index contributed by atoms with van der Waals surface area (Å²) in [5.41, 5.74) is -0.966. The predicted molar refractivity (Wildman–Crippen MR) is 90.9 cm³/mol. The molecular weight excluding hydrogens is 326 g/mol. The molecule has 0 aliphatic carbocycles. The van der Waals surface area contributed by atoms with Crippen LogP contribution in [0.1, 0.15) is 32.9 Å². The van der Waals surface area contributed by atoms with Crippen LogP contribution in [0.5, 0.6) is 0 Å². The van der Waals surface area contributed by atoms with E-state index in [1.807, 2.05) is 0 Å². The summed E-state index contributed by atoms with van der Waals surface area (Å²) in [5.74, 6) is 0.103. The Morgan fingerprint density at radius 1 is 1.20 bits per heavy atom. The third-order valence-corrected chi connectivity index (χ3v) is 4.96.